The number of carbonyl (C=O) groups excluding carboxylic acids is 1. The Hall–Kier alpha value is -2.49. The van der Waals surface area contributed by atoms with Gasteiger partial charge in [-0.2, -0.15) is 0 Å². The lowest BCUT2D eigenvalue weighted by molar-refractivity contribution is -0.129. The first-order valence-corrected chi connectivity index (χ1v) is 5.45. The zero-order chi connectivity index (χ0) is 13.3. The van der Waals surface area contributed by atoms with Gasteiger partial charge in [0.2, 0.25) is 0 Å². The van der Waals surface area contributed by atoms with Gasteiger partial charge in [0, 0.05) is 22.4 Å². The summed E-state index contributed by atoms with van der Waals surface area (Å²) in [6, 6.07) is 8.91. The molecule has 4 N–H and O–H groups in total. The number of nitrogen functional groups attached to an aromatic ring is 2. The van der Waals surface area contributed by atoms with E-state index in [1.54, 1.807) is 13.0 Å². The molecule has 18 heavy (non-hydrogen) atoms. The van der Waals surface area contributed by atoms with E-state index in [9.17, 15) is 4.79 Å². The molecular weight excluding hydrogens is 228 g/mol. The fourth-order valence-electron chi connectivity index (χ4n) is 1.66. The lowest BCUT2D eigenvalue weighted by Gasteiger charge is -2.11. The molecule has 0 unspecified atom stereocenters. The van der Waals surface area contributed by atoms with E-state index in [0.717, 1.165) is 10.8 Å². The Balaban J connectivity index is 2.61. The molecule has 0 heterocycles. The fraction of sp³-hybridized carbons (Fsp3) is 0.0714. The normalized spacial score (nSPS) is 10.3. The Morgan fingerprint density at radius 3 is 2.44 bits per heavy atom. The van der Waals surface area contributed by atoms with Crippen molar-refractivity contribution in [3.05, 3.63) is 42.5 Å². The van der Waals surface area contributed by atoms with Crippen LogP contribution in [0.3, 0.4) is 0 Å². The minimum absolute atomic E-state index is 0.328. The molecule has 0 atom stereocenters. The van der Waals surface area contributed by atoms with Gasteiger partial charge in [-0.15, -0.1) is 0 Å². The molecule has 0 fully saturated rings. The van der Waals surface area contributed by atoms with Gasteiger partial charge in [0.25, 0.3) is 0 Å². The number of carbonyl (C=O) groups is 1. The standard InChI is InChI=1S/C14H14N2O2/c1-8(2)14(17)18-12-7-11(15)13(16)10-6-4-3-5-9(10)12/h3-7H,1,15-16H2,2H3. The fourth-order valence-corrected chi connectivity index (χ4v) is 1.66. The minimum Gasteiger partial charge on any atom is -0.422 e. The summed E-state index contributed by atoms with van der Waals surface area (Å²) in [5.41, 5.74) is 12.9. The maximum atomic E-state index is 11.6. The number of esters is 1. The molecule has 2 aromatic carbocycles. The maximum absolute atomic E-state index is 11.6. The van der Waals surface area contributed by atoms with Gasteiger partial charge in [-0.3, -0.25) is 0 Å². The number of benzene rings is 2. The molecule has 0 spiro atoms. The van der Waals surface area contributed by atoms with Crippen molar-refractivity contribution in [2.24, 2.45) is 0 Å². The number of hydrogen-bond donors (Lipinski definition) is 2. The highest BCUT2D eigenvalue weighted by molar-refractivity contribution is 6.03. The lowest BCUT2D eigenvalue weighted by atomic mass is 10.1. The van der Waals surface area contributed by atoms with Crippen LogP contribution in [0.2, 0.25) is 0 Å². The highest BCUT2D eigenvalue weighted by Gasteiger charge is 2.12. The predicted octanol–water partition coefficient (Wildman–Crippen LogP) is 2.49. The highest BCUT2D eigenvalue weighted by atomic mass is 16.5. The summed E-state index contributed by atoms with van der Waals surface area (Å²) >= 11 is 0. The topological polar surface area (TPSA) is 78.3 Å². The molecule has 0 bridgehead atoms. The number of nitrogens with two attached hydrogens (primary N) is 2. The number of rotatable bonds is 2. The Bertz CT molecular complexity index is 648. The van der Waals surface area contributed by atoms with Crippen LogP contribution in [0.15, 0.2) is 42.5 Å². The van der Waals surface area contributed by atoms with Crippen LogP contribution >= 0.6 is 0 Å². The van der Waals surface area contributed by atoms with Gasteiger partial charge in [0.1, 0.15) is 5.75 Å². The van der Waals surface area contributed by atoms with Crippen LogP contribution in [-0.4, -0.2) is 5.97 Å². The Morgan fingerprint density at radius 2 is 1.83 bits per heavy atom. The molecule has 92 valence electrons. The SMILES string of the molecule is C=C(C)C(=O)Oc1cc(N)c(N)c2ccccc12. The van der Waals surface area contributed by atoms with Crippen LogP contribution in [0.5, 0.6) is 5.75 Å². The highest BCUT2D eigenvalue weighted by Crippen LogP contribution is 2.34. The van der Waals surface area contributed by atoms with Gasteiger partial charge in [-0.1, -0.05) is 30.8 Å². The van der Waals surface area contributed by atoms with Crippen molar-refractivity contribution in [2.75, 3.05) is 11.5 Å². The summed E-state index contributed by atoms with van der Waals surface area (Å²) in [6.07, 6.45) is 0. The first kappa shape index (κ1) is 12.0. The average Bonchev–Trinajstić information content (AvgIpc) is 2.35. The van der Waals surface area contributed by atoms with E-state index >= 15 is 0 Å². The molecule has 4 heteroatoms. The van der Waals surface area contributed by atoms with Crippen LogP contribution < -0.4 is 16.2 Å². The molecule has 0 aliphatic heterocycles. The molecule has 0 amide bonds. The number of ether oxygens (including phenoxy) is 1. The van der Waals surface area contributed by atoms with Gasteiger partial charge in [0.15, 0.2) is 0 Å². The second-order valence-electron chi connectivity index (χ2n) is 4.09. The third kappa shape index (κ3) is 2.00. The Morgan fingerprint density at radius 1 is 1.22 bits per heavy atom. The second-order valence-corrected chi connectivity index (χ2v) is 4.09. The van der Waals surface area contributed by atoms with E-state index in [0.29, 0.717) is 22.7 Å². The van der Waals surface area contributed by atoms with Crippen molar-refractivity contribution in [1.29, 1.82) is 0 Å². The van der Waals surface area contributed by atoms with Crippen molar-refractivity contribution in [1.82, 2.24) is 0 Å². The first-order valence-electron chi connectivity index (χ1n) is 5.45. The minimum atomic E-state index is -0.482. The molecule has 0 aliphatic carbocycles. The smallest absolute Gasteiger partial charge is 0.338 e. The van der Waals surface area contributed by atoms with Crippen LogP contribution in [0, 0.1) is 0 Å². The molecule has 2 rings (SSSR count). The molecule has 4 nitrogen and oxygen atoms in total. The van der Waals surface area contributed by atoms with Crippen LogP contribution in [0.25, 0.3) is 10.8 Å². The predicted molar refractivity (Wildman–Crippen MR) is 73.2 cm³/mol. The second kappa shape index (κ2) is 4.41. The van der Waals surface area contributed by atoms with E-state index in [4.69, 9.17) is 16.2 Å². The van der Waals surface area contributed by atoms with Crippen molar-refractivity contribution in [3.63, 3.8) is 0 Å². The van der Waals surface area contributed by atoms with Crippen molar-refractivity contribution in [3.8, 4) is 5.75 Å². The zero-order valence-electron chi connectivity index (χ0n) is 10.1. The van der Waals surface area contributed by atoms with Crippen LogP contribution in [0.4, 0.5) is 11.4 Å². The Labute approximate surface area is 105 Å². The van der Waals surface area contributed by atoms with E-state index in [1.807, 2.05) is 24.3 Å². The molecule has 0 saturated heterocycles. The zero-order valence-corrected chi connectivity index (χ0v) is 10.1. The quantitative estimate of drug-likeness (QED) is 0.367. The monoisotopic (exact) mass is 242 g/mol. The van der Waals surface area contributed by atoms with E-state index in [2.05, 4.69) is 6.58 Å². The first-order chi connectivity index (χ1) is 8.50. The third-order valence-electron chi connectivity index (χ3n) is 2.63. The van der Waals surface area contributed by atoms with Gasteiger partial charge in [0.05, 0.1) is 11.4 Å². The molecule has 2 aromatic rings. The molecule has 0 radical (unpaired) electrons. The van der Waals surface area contributed by atoms with Gasteiger partial charge < -0.3 is 16.2 Å². The van der Waals surface area contributed by atoms with Crippen molar-refractivity contribution >= 4 is 28.1 Å². The number of fused-ring (bicyclic) bond motifs is 1. The number of hydrogen-bond acceptors (Lipinski definition) is 4. The molecule has 0 aliphatic rings. The average molecular weight is 242 g/mol. The largest absolute Gasteiger partial charge is 0.422 e. The molecular formula is C14H14N2O2. The van der Waals surface area contributed by atoms with Crippen molar-refractivity contribution < 1.29 is 9.53 Å². The Kier molecular flexibility index (Phi) is 2.93. The van der Waals surface area contributed by atoms with E-state index in [1.165, 1.54) is 0 Å². The third-order valence-corrected chi connectivity index (χ3v) is 2.63. The summed E-state index contributed by atoms with van der Waals surface area (Å²) < 4.78 is 5.25. The van der Waals surface area contributed by atoms with Gasteiger partial charge >= 0.3 is 5.97 Å². The van der Waals surface area contributed by atoms with Crippen molar-refractivity contribution in [2.45, 2.75) is 6.92 Å². The van der Waals surface area contributed by atoms with Crippen LogP contribution in [-0.2, 0) is 4.79 Å². The lowest BCUT2D eigenvalue weighted by Crippen LogP contribution is -2.09. The molecule has 0 saturated carbocycles. The van der Waals surface area contributed by atoms with E-state index < -0.39 is 5.97 Å². The summed E-state index contributed by atoms with van der Waals surface area (Å²) in [7, 11) is 0. The van der Waals surface area contributed by atoms with Gasteiger partial charge in [-0.25, -0.2) is 4.79 Å². The summed E-state index contributed by atoms with van der Waals surface area (Å²) in [4.78, 5) is 11.6. The van der Waals surface area contributed by atoms with Crippen LogP contribution in [0.1, 0.15) is 6.92 Å². The van der Waals surface area contributed by atoms with E-state index in [-0.39, 0.29) is 0 Å². The maximum Gasteiger partial charge on any atom is 0.338 e. The molecule has 0 aromatic heterocycles. The summed E-state index contributed by atoms with van der Waals surface area (Å²) in [5, 5.41) is 1.51. The van der Waals surface area contributed by atoms with Gasteiger partial charge in [-0.05, 0) is 6.92 Å². The number of anilines is 2. The summed E-state index contributed by atoms with van der Waals surface area (Å²) in [5.74, 6) is -0.0883. The summed E-state index contributed by atoms with van der Waals surface area (Å²) in [6.45, 7) is 5.13.